The van der Waals surface area contributed by atoms with E-state index in [2.05, 4.69) is 36.6 Å². The molecule has 1 aromatic heterocycles. The number of aliphatic carboxylic acids is 1. The van der Waals surface area contributed by atoms with Crippen LogP contribution in [0.15, 0.2) is 12.5 Å². The summed E-state index contributed by atoms with van der Waals surface area (Å²) in [6, 6.07) is -7.04. The zero-order valence-corrected chi connectivity index (χ0v) is 25.6. The van der Waals surface area contributed by atoms with E-state index >= 15 is 0 Å². The molecule has 0 spiro atoms. The van der Waals surface area contributed by atoms with Crippen LogP contribution in [-0.2, 0) is 35.2 Å². The first-order valence-electron chi connectivity index (χ1n) is 14.1. The standard InChI is InChI=1S/C27H46N8O8/c1-12(2)8-18(24(39)31-15(6)23(38)33-19(27(42)43)9-17-10-29-11-30-17)32-26(41)21(16(7)36)35-25(40)20(13(3)4)34-22(37)14(5)28/h10-16,18-21,36H,8-9,28H2,1-7H3,(H,29,30)(H,31,39)(H,32,41)(H,33,38)(H,34,37)(H,35,40)(H,42,43)/t14-,15-,16+,18-,19-,20-,21-/m0/s1. The molecule has 0 saturated carbocycles. The van der Waals surface area contributed by atoms with Crippen molar-refractivity contribution in [3.05, 3.63) is 18.2 Å². The molecule has 10 N–H and O–H groups in total. The number of amides is 5. The highest BCUT2D eigenvalue weighted by Gasteiger charge is 2.34. The summed E-state index contributed by atoms with van der Waals surface area (Å²) in [5.41, 5.74) is 6.07. The van der Waals surface area contributed by atoms with Gasteiger partial charge in [-0.25, -0.2) is 9.78 Å². The van der Waals surface area contributed by atoms with Gasteiger partial charge in [-0.1, -0.05) is 27.7 Å². The van der Waals surface area contributed by atoms with E-state index in [-0.39, 0.29) is 24.7 Å². The predicted octanol–water partition coefficient (Wildman–Crippen LogP) is -2.09. The first-order valence-corrected chi connectivity index (χ1v) is 14.1. The van der Waals surface area contributed by atoms with Gasteiger partial charge in [0.25, 0.3) is 0 Å². The van der Waals surface area contributed by atoms with Crippen molar-refractivity contribution in [2.24, 2.45) is 17.6 Å². The number of aromatic amines is 1. The highest BCUT2D eigenvalue weighted by molar-refractivity contribution is 5.96. The van der Waals surface area contributed by atoms with Crippen LogP contribution in [0.5, 0.6) is 0 Å². The quantitative estimate of drug-likeness (QED) is 0.0929. The zero-order valence-electron chi connectivity index (χ0n) is 25.6. The Hall–Kier alpha value is -4.05. The molecule has 16 heteroatoms. The van der Waals surface area contributed by atoms with E-state index in [1.54, 1.807) is 27.7 Å². The number of nitrogens with two attached hydrogens (primary N) is 1. The average molecular weight is 611 g/mol. The Bertz CT molecular complexity index is 1110. The van der Waals surface area contributed by atoms with Gasteiger partial charge in [-0.2, -0.15) is 0 Å². The molecule has 0 aromatic carbocycles. The lowest BCUT2D eigenvalue weighted by Gasteiger charge is -2.29. The molecule has 7 atom stereocenters. The highest BCUT2D eigenvalue weighted by Crippen LogP contribution is 2.09. The number of carboxylic acid groups (broad SMARTS) is 1. The monoisotopic (exact) mass is 610 g/mol. The number of carbonyl (C=O) groups excluding carboxylic acids is 5. The zero-order chi connectivity index (χ0) is 33.0. The molecule has 0 fully saturated rings. The summed E-state index contributed by atoms with van der Waals surface area (Å²) in [5.74, 6) is -5.43. The van der Waals surface area contributed by atoms with Crippen molar-refractivity contribution in [1.29, 1.82) is 0 Å². The molecular weight excluding hydrogens is 564 g/mol. The molecule has 242 valence electrons. The minimum absolute atomic E-state index is 0.0627. The normalized spacial score (nSPS) is 16.2. The van der Waals surface area contributed by atoms with E-state index in [0.29, 0.717) is 5.69 Å². The lowest BCUT2D eigenvalue weighted by atomic mass is 10.0. The third-order valence-electron chi connectivity index (χ3n) is 6.41. The van der Waals surface area contributed by atoms with Crippen LogP contribution in [0.2, 0.25) is 0 Å². The Morgan fingerprint density at radius 3 is 1.81 bits per heavy atom. The minimum Gasteiger partial charge on any atom is -0.480 e. The van der Waals surface area contributed by atoms with Crippen molar-refractivity contribution in [3.63, 3.8) is 0 Å². The molecule has 0 bridgehead atoms. The van der Waals surface area contributed by atoms with Gasteiger partial charge in [0.2, 0.25) is 29.5 Å². The van der Waals surface area contributed by atoms with Gasteiger partial charge in [-0.05, 0) is 39.0 Å². The molecule has 43 heavy (non-hydrogen) atoms. The van der Waals surface area contributed by atoms with Crippen LogP contribution in [0.1, 0.15) is 60.6 Å². The lowest BCUT2D eigenvalue weighted by Crippen LogP contribution is -2.61. The second-order valence-corrected chi connectivity index (χ2v) is 11.3. The molecule has 0 aliphatic carbocycles. The van der Waals surface area contributed by atoms with Crippen LogP contribution < -0.4 is 32.3 Å². The third-order valence-corrected chi connectivity index (χ3v) is 6.41. The first-order chi connectivity index (χ1) is 19.9. The number of aliphatic hydroxyl groups excluding tert-OH is 1. The number of aliphatic hydroxyl groups is 1. The van der Waals surface area contributed by atoms with Crippen molar-refractivity contribution >= 4 is 35.5 Å². The topological polar surface area (TPSA) is 258 Å². The van der Waals surface area contributed by atoms with Crippen LogP contribution in [0, 0.1) is 11.8 Å². The largest absolute Gasteiger partial charge is 0.480 e. The van der Waals surface area contributed by atoms with Gasteiger partial charge < -0.3 is 47.5 Å². The number of rotatable bonds is 17. The second-order valence-electron chi connectivity index (χ2n) is 11.3. The van der Waals surface area contributed by atoms with Crippen LogP contribution in [0.3, 0.4) is 0 Å². The van der Waals surface area contributed by atoms with Gasteiger partial charge >= 0.3 is 5.97 Å². The summed E-state index contributed by atoms with van der Waals surface area (Å²) >= 11 is 0. The number of carboxylic acids is 1. The maximum Gasteiger partial charge on any atom is 0.326 e. The fourth-order valence-electron chi connectivity index (χ4n) is 3.92. The summed E-state index contributed by atoms with van der Waals surface area (Å²) in [6.07, 6.45) is 1.50. The van der Waals surface area contributed by atoms with Gasteiger partial charge in [0.15, 0.2) is 0 Å². The number of H-pyrrole nitrogens is 1. The van der Waals surface area contributed by atoms with E-state index in [1.807, 2.05) is 0 Å². The van der Waals surface area contributed by atoms with Gasteiger partial charge in [-0.3, -0.25) is 24.0 Å². The minimum atomic E-state index is -1.48. The average Bonchev–Trinajstić information content (AvgIpc) is 3.41. The summed E-state index contributed by atoms with van der Waals surface area (Å²) < 4.78 is 0. The van der Waals surface area contributed by atoms with E-state index in [4.69, 9.17) is 5.73 Å². The highest BCUT2D eigenvalue weighted by atomic mass is 16.4. The first kappa shape index (κ1) is 37.0. The molecule has 16 nitrogen and oxygen atoms in total. The van der Waals surface area contributed by atoms with Gasteiger partial charge in [0.1, 0.15) is 30.2 Å². The van der Waals surface area contributed by atoms with Crippen molar-refractivity contribution < 1.29 is 39.0 Å². The van der Waals surface area contributed by atoms with Crippen molar-refractivity contribution in [2.75, 3.05) is 0 Å². The van der Waals surface area contributed by atoms with Gasteiger partial charge in [-0.15, -0.1) is 0 Å². The fraction of sp³-hybridized carbons (Fsp3) is 0.667. The van der Waals surface area contributed by atoms with Crippen LogP contribution in [0.4, 0.5) is 0 Å². The van der Waals surface area contributed by atoms with Crippen molar-refractivity contribution in [2.45, 2.75) is 104 Å². The maximum atomic E-state index is 13.2. The van der Waals surface area contributed by atoms with E-state index in [9.17, 15) is 39.0 Å². The number of nitrogens with zero attached hydrogens (tertiary/aromatic N) is 1. The van der Waals surface area contributed by atoms with Crippen LogP contribution in [0.25, 0.3) is 0 Å². The fourth-order valence-corrected chi connectivity index (χ4v) is 3.92. The molecule has 0 aliphatic rings. The predicted molar refractivity (Wildman–Crippen MR) is 155 cm³/mol. The lowest BCUT2D eigenvalue weighted by molar-refractivity contribution is -0.142. The van der Waals surface area contributed by atoms with Crippen LogP contribution in [-0.4, -0.2) is 98.0 Å². The molecule has 1 aromatic rings. The molecular formula is C27H46N8O8. The number of aromatic nitrogens is 2. The van der Waals surface area contributed by atoms with Gasteiger partial charge in [0, 0.05) is 18.3 Å². The third kappa shape index (κ3) is 12.4. The van der Waals surface area contributed by atoms with Crippen molar-refractivity contribution in [3.8, 4) is 0 Å². The summed E-state index contributed by atoms with van der Waals surface area (Å²) in [4.78, 5) is 82.4. The molecule has 0 aliphatic heterocycles. The Kier molecular flexibility index (Phi) is 14.8. The Morgan fingerprint density at radius 1 is 0.791 bits per heavy atom. The van der Waals surface area contributed by atoms with E-state index in [0.717, 1.165) is 0 Å². The van der Waals surface area contributed by atoms with Gasteiger partial charge in [0.05, 0.1) is 18.5 Å². The molecule has 0 unspecified atom stereocenters. The number of carbonyl (C=O) groups is 6. The van der Waals surface area contributed by atoms with E-state index < -0.39 is 77.9 Å². The number of hydrogen-bond acceptors (Lipinski definition) is 9. The number of nitrogens with one attached hydrogen (secondary N) is 6. The molecule has 1 rings (SSSR count). The molecule has 0 saturated heterocycles. The maximum absolute atomic E-state index is 13.2. The summed E-state index contributed by atoms with van der Waals surface area (Å²) in [5, 5.41) is 32.1. The smallest absolute Gasteiger partial charge is 0.326 e. The Balaban J connectivity index is 2.98. The molecule has 1 heterocycles. The number of imidazole rings is 1. The Labute approximate surface area is 250 Å². The van der Waals surface area contributed by atoms with Crippen molar-refractivity contribution in [1.82, 2.24) is 36.6 Å². The second kappa shape index (κ2) is 17.2. The molecule has 0 radical (unpaired) electrons. The molecule has 5 amide bonds. The summed E-state index contributed by atoms with van der Waals surface area (Å²) in [6.45, 7) is 11.1. The van der Waals surface area contributed by atoms with Crippen LogP contribution >= 0.6 is 0 Å². The summed E-state index contributed by atoms with van der Waals surface area (Å²) in [7, 11) is 0. The SMILES string of the molecule is CC(C)C[C@H](NC(=O)[C@@H](NC(=O)[C@@H](NC(=O)[C@H](C)N)C(C)C)[C@@H](C)O)C(=O)N[C@@H](C)C(=O)N[C@@H](Cc1cnc[nH]1)C(=O)O. The number of hydrogen-bond donors (Lipinski definition) is 9. The Morgan fingerprint density at radius 2 is 1.35 bits per heavy atom. The van der Waals surface area contributed by atoms with E-state index in [1.165, 1.54) is 33.3 Å².